The molecule has 26 heavy (non-hydrogen) atoms. The number of carbonyl (C=O) groups excluding carboxylic acids is 1. The lowest BCUT2D eigenvalue weighted by Crippen LogP contribution is -2.30. The van der Waals surface area contributed by atoms with Crippen LogP contribution in [0.25, 0.3) is 17.2 Å². The molecule has 1 N–H and O–H groups in total. The minimum absolute atomic E-state index is 0.120. The molecule has 3 aromatic rings. The topological polar surface area (TPSA) is 116 Å². The Labute approximate surface area is 149 Å². The van der Waals surface area contributed by atoms with Gasteiger partial charge in [0.05, 0.1) is 11.5 Å². The predicted molar refractivity (Wildman–Crippen MR) is 77.7 cm³/mol. The minimum Gasteiger partial charge on any atom is -0.298 e. The number of aromatic nitrogens is 4. The fraction of sp³-hybridized carbons (Fsp3) is 0.0833. The van der Waals surface area contributed by atoms with E-state index in [1.807, 2.05) is 0 Å². The zero-order valence-electron chi connectivity index (χ0n) is 13.0. The van der Waals surface area contributed by atoms with E-state index in [1.54, 1.807) is 0 Å². The smallest absolute Gasteiger partial charge is 0.298 e. The third kappa shape index (κ3) is 3.22. The van der Waals surface area contributed by atoms with Gasteiger partial charge in [0.15, 0.2) is 5.69 Å². The maximum atomic E-state index is 13.6. The fourth-order valence-electron chi connectivity index (χ4n) is 1.79. The number of anilines is 1. The van der Waals surface area contributed by atoms with E-state index in [1.165, 1.54) is 5.32 Å². The average Bonchev–Trinajstić information content (AvgIpc) is 3.17. The lowest BCUT2D eigenvalue weighted by Gasteiger charge is -2.06. The van der Waals surface area contributed by atoms with Gasteiger partial charge < -0.3 is 0 Å². The number of nitrogens with zero attached hydrogens (tertiary/aromatic N) is 4. The molecule has 0 spiro atoms. The zero-order valence-corrected chi connectivity index (χ0v) is 13.6. The van der Waals surface area contributed by atoms with Crippen molar-refractivity contribution in [3.63, 3.8) is 0 Å². The van der Waals surface area contributed by atoms with Crippen molar-refractivity contribution in [3.05, 3.63) is 39.0 Å². The normalized spacial score (nSPS) is 12.1. The predicted octanol–water partition coefficient (Wildman–Crippen LogP) is 2.28. The molecule has 0 aliphatic carbocycles. The highest BCUT2D eigenvalue weighted by Crippen LogP contribution is 2.27. The molecule has 0 aliphatic rings. The minimum atomic E-state index is -5.22. The Kier molecular flexibility index (Phi) is 4.02. The van der Waals surface area contributed by atoms with Gasteiger partial charge in [0.1, 0.15) is 5.82 Å². The van der Waals surface area contributed by atoms with E-state index in [0.29, 0.717) is 4.57 Å². The highest BCUT2D eigenvalue weighted by molar-refractivity contribution is 9.10. The monoisotopic (exact) mass is 438 g/mol. The second-order valence-corrected chi connectivity index (χ2v) is 5.39. The Bertz CT molecular complexity index is 1070. The van der Waals surface area contributed by atoms with Gasteiger partial charge in [0.25, 0.3) is 0 Å². The standard InChI is InChI=1S/C12H4BrF4N5O4/c13-5-3-4(1-2-6(5)14)22-9(21-25-11(22)24)7-8(20-26-19-7)18-10(23)12(15,16)17/h1-3H,(H,18,20,23)/i2D. The second-order valence-electron chi connectivity index (χ2n) is 4.54. The first-order valence-corrected chi connectivity index (χ1v) is 7.14. The number of nitrogens with one attached hydrogen (secondary N) is 1. The highest BCUT2D eigenvalue weighted by atomic mass is 79.9. The first-order valence-electron chi connectivity index (χ1n) is 6.85. The summed E-state index contributed by atoms with van der Waals surface area (Å²) in [6, 6.07) is 1.43. The maximum Gasteiger partial charge on any atom is 0.471 e. The zero-order chi connectivity index (χ0) is 19.9. The van der Waals surface area contributed by atoms with Crippen molar-refractivity contribution in [3.8, 4) is 17.2 Å². The van der Waals surface area contributed by atoms with Crippen LogP contribution in [0.4, 0.5) is 23.4 Å². The Hall–Kier alpha value is -3.03. The van der Waals surface area contributed by atoms with Gasteiger partial charge in [-0.1, -0.05) is 5.16 Å². The lowest BCUT2D eigenvalue weighted by atomic mass is 10.3. The molecule has 0 radical (unpaired) electrons. The number of halogens is 5. The van der Waals surface area contributed by atoms with Crippen molar-refractivity contribution in [2.75, 3.05) is 5.32 Å². The van der Waals surface area contributed by atoms with Crippen molar-refractivity contribution in [2.45, 2.75) is 6.18 Å². The molecule has 2 aromatic heterocycles. The van der Waals surface area contributed by atoms with Crippen molar-refractivity contribution < 1.29 is 32.9 Å². The molecule has 0 fully saturated rings. The summed E-state index contributed by atoms with van der Waals surface area (Å²) in [5.74, 6) is -5.69. The summed E-state index contributed by atoms with van der Waals surface area (Å²) < 4.78 is 67.6. The highest BCUT2D eigenvalue weighted by Gasteiger charge is 2.40. The molecule has 0 aliphatic heterocycles. The number of benzene rings is 1. The van der Waals surface area contributed by atoms with Crippen molar-refractivity contribution in [1.82, 2.24) is 20.0 Å². The van der Waals surface area contributed by atoms with E-state index in [-0.39, 0.29) is 10.2 Å². The summed E-state index contributed by atoms with van der Waals surface area (Å²) >= 11 is 2.86. The Morgan fingerprint density at radius 1 is 1.35 bits per heavy atom. The number of hydrogen-bond donors (Lipinski definition) is 1. The Morgan fingerprint density at radius 2 is 2.08 bits per heavy atom. The summed E-state index contributed by atoms with van der Waals surface area (Å²) in [6.07, 6.45) is -5.22. The van der Waals surface area contributed by atoms with E-state index in [4.69, 9.17) is 1.37 Å². The van der Waals surface area contributed by atoms with E-state index in [2.05, 4.69) is 40.6 Å². The lowest BCUT2D eigenvalue weighted by molar-refractivity contribution is -0.167. The fourth-order valence-corrected chi connectivity index (χ4v) is 2.14. The van der Waals surface area contributed by atoms with Gasteiger partial charge >= 0.3 is 17.8 Å². The molecular formula is C12H4BrF4N5O4. The van der Waals surface area contributed by atoms with E-state index >= 15 is 0 Å². The van der Waals surface area contributed by atoms with Crippen LogP contribution in [0.2, 0.25) is 0 Å². The average molecular weight is 439 g/mol. The van der Waals surface area contributed by atoms with Crippen LogP contribution >= 0.6 is 15.9 Å². The summed E-state index contributed by atoms with van der Waals surface area (Å²) in [6.45, 7) is 0. The van der Waals surface area contributed by atoms with Crippen molar-refractivity contribution >= 4 is 27.7 Å². The number of alkyl halides is 3. The van der Waals surface area contributed by atoms with Gasteiger partial charge in [-0.25, -0.2) is 18.4 Å². The summed E-state index contributed by atoms with van der Waals surface area (Å²) in [4.78, 5) is 23.0. The van der Waals surface area contributed by atoms with Crippen LogP contribution in [0.5, 0.6) is 0 Å². The molecule has 3 rings (SSSR count). The molecule has 1 aromatic carbocycles. The van der Waals surface area contributed by atoms with Gasteiger partial charge in [-0.2, -0.15) is 13.2 Å². The molecule has 136 valence electrons. The Morgan fingerprint density at radius 3 is 2.73 bits per heavy atom. The van der Waals surface area contributed by atoms with Gasteiger partial charge in [-0.3, -0.25) is 14.6 Å². The van der Waals surface area contributed by atoms with Crippen molar-refractivity contribution in [2.24, 2.45) is 0 Å². The molecular weight excluding hydrogens is 434 g/mol. The summed E-state index contributed by atoms with van der Waals surface area (Å²) in [7, 11) is 0. The molecule has 9 nitrogen and oxygen atoms in total. The molecule has 14 heteroatoms. The molecule has 0 atom stereocenters. The second kappa shape index (κ2) is 6.36. The van der Waals surface area contributed by atoms with Crippen LogP contribution in [0, 0.1) is 5.82 Å². The maximum absolute atomic E-state index is 13.6. The van der Waals surface area contributed by atoms with Crippen LogP contribution in [0.15, 0.2) is 36.6 Å². The van der Waals surface area contributed by atoms with E-state index in [9.17, 15) is 27.2 Å². The number of rotatable bonds is 3. The van der Waals surface area contributed by atoms with Crippen LogP contribution in [-0.2, 0) is 4.79 Å². The number of hydrogen-bond acceptors (Lipinski definition) is 7. The van der Waals surface area contributed by atoms with Gasteiger partial charge in [0, 0.05) is 0 Å². The first kappa shape index (κ1) is 16.4. The number of carbonyl (C=O) groups is 1. The third-order valence-electron chi connectivity index (χ3n) is 2.88. The van der Waals surface area contributed by atoms with Crippen molar-refractivity contribution in [1.29, 1.82) is 0 Å². The van der Waals surface area contributed by atoms with Crippen LogP contribution in [0.3, 0.4) is 0 Å². The first-order chi connectivity index (χ1) is 12.6. The van der Waals surface area contributed by atoms with Gasteiger partial charge in [-0.05, 0) is 44.4 Å². The molecule has 0 saturated carbocycles. The van der Waals surface area contributed by atoms with E-state index in [0.717, 1.165) is 12.1 Å². The molecule has 0 bridgehead atoms. The largest absolute Gasteiger partial charge is 0.471 e. The quantitative estimate of drug-likeness (QED) is 0.623. The molecule has 0 saturated heterocycles. The van der Waals surface area contributed by atoms with Gasteiger partial charge in [-0.15, -0.1) is 0 Å². The Balaban J connectivity index is 2.11. The summed E-state index contributed by atoms with van der Waals surface area (Å²) in [5, 5.41) is 11.2. The molecule has 1 amide bonds. The molecule has 0 unspecified atom stereocenters. The third-order valence-corrected chi connectivity index (χ3v) is 3.46. The summed E-state index contributed by atoms with van der Waals surface area (Å²) in [5.41, 5.74) is -0.684. The van der Waals surface area contributed by atoms with Crippen LogP contribution < -0.4 is 11.1 Å². The molecule has 2 heterocycles. The van der Waals surface area contributed by atoms with Crippen LogP contribution in [-0.4, -0.2) is 32.1 Å². The SMILES string of the molecule is [2H]c1cc(-n2c(-c3nonc3NC(=O)C(F)(F)F)noc2=O)cc(Br)c1F. The number of amides is 1. The van der Waals surface area contributed by atoms with E-state index < -0.39 is 47.0 Å². The van der Waals surface area contributed by atoms with Crippen LogP contribution in [0.1, 0.15) is 1.37 Å². The van der Waals surface area contributed by atoms with Gasteiger partial charge in [0.2, 0.25) is 11.6 Å².